The first kappa shape index (κ1) is 13.1. The van der Waals surface area contributed by atoms with E-state index < -0.39 is 0 Å². The lowest BCUT2D eigenvalue weighted by molar-refractivity contribution is 0.0746. The van der Waals surface area contributed by atoms with Gasteiger partial charge in [0, 0.05) is 19.7 Å². The molecule has 1 aromatic heterocycles. The first-order valence-corrected chi connectivity index (χ1v) is 6.78. The van der Waals surface area contributed by atoms with Crippen molar-refractivity contribution in [3.8, 4) is 11.8 Å². The molecule has 0 radical (unpaired) electrons. The van der Waals surface area contributed by atoms with Crippen LogP contribution in [0.25, 0.3) is 0 Å². The van der Waals surface area contributed by atoms with E-state index in [4.69, 9.17) is 10.5 Å². The predicted octanol–water partition coefficient (Wildman–Crippen LogP) is 0.921. The summed E-state index contributed by atoms with van der Waals surface area (Å²) in [5.74, 6) is 5.81. The van der Waals surface area contributed by atoms with E-state index in [1.54, 1.807) is 0 Å². The molecule has 0 aromatic carbocycles. The molecule has 1 fully saturated rings. The van der Waals surface area contributed by atoms with Crippen LogP contribution < -0.4 is 5.73 Å². The van der Waals surface area contributed by atoms with E-state index in [0.717, 1.165) is 29.3 Å². The van der Waals surface area contributed by atoms with Gasteiger partial charge in [-0.05, 0) is 18.6 Å². The van der Waals surface area contributed by atoms with E-state index in [0.29, 0.717) is 19.7 Å². The number of carbonyl (C=O) groups is 1. The van der Waals surface area contributed by atoms with Gasteiger partial charge < -0.3 is 15.4 Å². The number of hydrogen-bond acceptors (Lipinski definition) is 4. The van der Waals surface area contributed by atoms with Crippen LogP contribution in [-0.2, 0) is 4.74 Å². The number of amides is 1. The summed E-state index contributed by atoms with van der Waals surface area (Å²) in [6.07, 6.45) is 0.900. The maximum absolute atomic E-state index is 12.2. The van der Waals surface area contributed by atoms with Gasteiger partial charge in [-0.2, -0.15) is 0 Å². The molecule has 0 spiro atoms. The van der Waals surface area contributed by atoms with Crippen molar-refractivity contribution in [2.24, 2.45) is 5.73 Å². The fourth-order valence-electron chi connectivity index (χ4n) is 1.76. The SMILES string of the molecule is NCC#Cc1ccc(C(=O)N2CCCOCC2)s1. The third kappa shape index (κ3) is 3.33. The maximum atomic E-state index is 12.2. The Labute approximate surface area is 111 Å². The monoisotopic (exact) mass is 264 g/mol. The fraction of sp³-hybridized carbons (Fsp3) is 0.462. The highest BCUT2D eigenvalue weighted by atomic mass is 32.1. The molecule has 0 unspecified atom stereocenters. The summed E-state index contributed by atoms with van der Waals surface area (Å²) in [5.41, 5.74) is 5.32. The van der Waals surface area contributed by atoms with E-state index in [2.05, 4.69) is 11.8 Å². The molecule has 0 saturated carbocycles. The van der Waals surface area contributed by atoms with E-state index >= 15 is 0 Å². The van der Waals surface area contributed by atoms with Crippen LogP contribution in [0.4, 0.5) is 0 Å². The lowest BCUT2D eigenvalue weighted by Gasteiger charge is -2.18. The number of nitrogens with two attached hydrogens (primary N) is 1. The Hall–Kier alpha value is -1.35. The molecular weight excluding hydrogens is 248 g/mol. The van der Waals surface area contributed by atoms with Crippen LogP contribution in [0.15, 0.2) is 12.1 Å². The summed E-state index contributed by atoms with van der Waals surface area (Å²) >= 11 is 1.42. The molecule has 96 valence electrons. The lowest BCUT2D eigenvalue weighted by Crippen LogP contribution is -2.32. The van der Waals surface area contributed by atoms with Crippen LogP contribution in [0.2, 0.25) is 0 Å². The van der Waals surface area contributed by atoms with Crippen LogP contribution in [0, 0.1) is 11.8 Å². The Morgan fingerprint density at radius 1 is 1.44 bits per heavy atom. The number of carbonyl (C=O) groups excluding carboxylic acids is 1. The molecule has 1 aromatic rings. The Morgan fingerprint density at radius 2 is 2.33 bits per heavy atom. The largest absolute Gasteiger partial charge is 0.380 e. The highest BCUT2D eigenvalue weighted by molar-refractivity contribution is 7.14. The van der Waals surface area contributed by atoms with E-state index in [-0.39, 0.29) is 5.91 Å². The molecule has 0 bridgehead atoms. The summed E-state index contributed by atoms with van der Waals surface area (Å²) < 4.78 is 5.34. The van der Waals surface area contributed by atoms with Crippen molar-refractivity contribution >= 4 is 17.2 Å². The minimum absolute atomic E-state index is 0.0753. The predicted molar refractivity (Wildman–Crippen MR) is 71.6 cm³/mol. The molecule has 0 aliphatic carbocycles. The van der Waals surface area contributed by atoms with Gasteiger partial charge in [0.1, 0.15) is 0 Å². The molecular formula is C13H16N2O2S. The Morgan fingerprint density at radius 3 is 3.17 bits per heavy atom. The van der Waals surface area contributed by atoms with E-state index in [1.165, 1.54) is 11.3 Å². The van der Waals surface area contributed by atoms with Gasteiger partial charge in [0.25, 0.3) is 5.91 Å². The van der Waals surface area contributed by atoms with E-state index in [1.807, 2.05) is 17.0 Å². The molecule has 18 heavy (non-hydrogen) atoms. The van der Waals surface area contributed by atoms with Crippen molar-refractivity contribution < 1.29 is 9.53 Å². The summed E-state index contributed by atoms with van der Waals surface area (Å²) in [7, 11) is 0. The first-order valence-electron chi connectivity index (χ1n) is 5.97. The van der Waals surface area contributed by atoms with Crippen LogP contribution in [0.5, 0.6) is 0 Å². The van der Waals surface area contributed by atoms with Crippen molar-refractivity contribution in [3.63, 3.8) is 0 Å². The average molecular weight is 264 g/mol. The molecule has 2 heterocycles. The molecule has 1 aliphatic rings. The zero-order valence-electron chi connectivity index (χ0n) is 10.1. The fourth-order valence-corrected chi connectivity index (χ4v) is 2.61. The lowest BCUT2D eigenvalue weighted by atomic mass is 10.3. The number of ether oxygens (including phenoxy) is 1. The van der Waals surface area contributed by atoms with Gasteiger partial charge in [-0.3, -0.25) is 4.79 Å². The van der Waals surface area contributed by atoms with Gasteiger partial charge in [0.2, 0.25) is 0 Å². The Balaban J connectivity index is 2.05. The van der Waals surface area contributed by atoms with Gasteiger partial charge in [-0.15, -0.1) is 11.3 Å². The molecule has 2 N–H and O–H groups in total. The van der Waals surface area contributed by atoms with Gasteiger partial charge in [0.15, 0.2) is 0 Å². The maximum Gasteiger partial charge on any atom is 0.264 e. The Bertz CT molecular complexity index is 465. The summed E-state index contributed by atoms with van der Waals surface area (Å²) in [6.45, 7) is 3.13. The van der Waals surface area contributed by atoms with Crippen molar-refractivity contribution in [1.82, 2.24) is 4.90 Å². The molecule has 0 atom stereocenters. The van der Waals surface area contributed by atoms with Crippen LogP contribution in [-0.4, -0.2) is 43.7 Å². The average Bonchev–Trinajstić information content (AvgIpc) is 2.69. The normalized spacial score (nSPS) is 15.7. The number of thiophene rings is 1. The van der Waals surface area contributed by atoms with Crippen LogP contribution in [0.1, 0.15) is 21.0 Å². The number of hydrogen-bond donors (Lipinski definition) is 1. The van der Waals surface area contributed by atoms with Crippen LogP contribution >= 0.6 is 11.3 Å². The first-order chi connectivity index (χ1) is 8.81. The van der Waals surface area contributed by atoms with Gasteiger partial charge in [0.05, 0.1) is 22.9 Å². The number of nitrogens with zero attached hydrogens (tertiary/aromatic N) is 1. The van der Waals surface area contributed by atoms with Gasteiger partial charge >= 0.3 is 0 Å². The molecule has 5 heteroatoms. The van der Waals surface area contributed by atoms with Crippen molar-refractivity contribution in [2.75, 3.05) is 32.8 Å². The summed E-state index contributed by atoms with van der Waals surface area (Å²) in [4.78, 5) is 15.7. The standard InChI is InChI=1S/C13H16N2O2S/c14-6-1-3-11-4-5-12(18-11)13(16)15-7-2-9-17-10-8-15/h4-5H,2,6-10,14H2. The zero-order valence-corrected chi connectivity index (χ0v) is 11.0. The summed E-state index contributed by atoms with van der Waals surface area (Å²) in [6, 6.07) is 3.70. The zero-order chi connectivity index (χ0) is 12.8. The second-order valence-electron chi connectivity index (χ2n) is 3.93. The highest BCUT2D eigenvalue weighted by Gasteiger charge is 2.18. The second kappa shape index (κ2) is 6.55. The van der Waals surface area contributed by atoms with Crippen molar-refractivity contribution in [2.45, 2.75) is 6.42 Å². The minimum Gasteiger partial charge on any atom is -0.380 e. The second-order valence-corrected chi connectivity index (χ2v) is 5.01. The molecule has 2 rings (SSSR count). The van der Waals surface area contributed by atoms with Crippen molar-refractivity contribution in [3.05, 3.63) is 21.9 Å². The van der Waals surface area contributed by atoms with Gasteiger partial charge in [-0.25, -0.2) is 0 Å². The topological polar surface area (TPSA) is 55.6 Å². The van der Waals surface area contributed by atoms with Crippen molar-refractivity contribution in [1.29, 1.82) is 0 Å². The molecule has 1 amide bonds. The van der Waals surface area contributed by atoms with Gasteiger partial charge in [-0.1, -0.05) is 11.8 Å². The Kier molecular flexibility index (Phi) is 4.76. The summed E-state index contributed by atoms with van der Waals surface area (Å²) in [5, 5.41) is 0. The smallest absolute Gasteiger partial charge is 0.264 e. The quantitative estimate of drug-likeness (QED) is 0.767. The van der Waals surface area contributed by atoms with Crippen LogP contribution in [0.3, 0.4) is 0 Å². The molecule has 1 aliphatic heterocycles. The molecule has 1 saturated heterocycles. The highest BCUT2D eigenvalue weighted by Crippen LogP contribution is 2.18. The third-order valence-electron chi connectivity index (χ3n) is 2.64. The van der Waals surface area contributed by atoms with E-state index in [9.17, 15) is 4.79 Å². The molecule has 4 nitrogen and oxygen atoms in total. The third-order valence-corrected chi connectivity index (χ3v) is 3.63. The minimum atomic E-state index is 0.0753. The number of rotatable bonds is 1.